The molecule has 9 heteroatoms. The lowest BCUT2D eigenvalue weighted by atomic mass is 9.97. The second-order valence-corrected chi connectivity index (χ2v) is 8.67. The lowest BCUT2D eigenvalue weighted by Gasteiger charge is -2.22. The number of hydrogen-bond acceptors (Lipinski definition) is 7. The normalized spacial score (nSPS) is 19.5. The SMILES string of the molecule is Cc1c(-c2cc3cc(NC(=O)O[C@H]4CCC[C@@H]4C)ncc3c(N)c2F)cnc2c1NCCO2. The summed E-state index contributed by atoms with van der Waals surface area (Å²) in [6, 6.07) is 3.36. The Balaban J connectivity index is 1.48. The number of anilines is 3. The number of nitrogens with zero attached hydrogens (tertiary/aromatic N) is 2. The molecule has 0 saturated heterocycles. The van der Waals surface area contributed by atoms with Crippen LogP contribution in [0.3, 0.4) is 0 Å². The number of hydrogen-bond donors (Lipinski definition) is 3. The third-order valence-electron chi connectivity index (χ3n) is 6.51. The number of carbonyl (C=O) groups excluding carboxylic acids is 1. The number of benzene rings is 1. The molecule has 1 saturated carbocycles. The number of carbonyl (C=O) groups is 1. The molecule has 1 aliphatic heterocycles. The van der Waals surface area contributed by atoms with Crippen molar-refractivity contribution in [2.75, 3.05) is 29.5 Å². The molecule has 0 radical (unpaired) electrons. The average molecular weight is 452 g/mol. The number of halogens is 1. The van der Waals surface area contributed by atoms with Crippen molar-refractivity contribution in [3.63, 3.8) is 0 Å². The third kappa shape index (κ3) is 3.88. The van der Waals surface area contributed by atoms with Gasteiger partial charge in [0.05, 0.1) is 5.69 Å². The molecule has 172 valence electrons. The van der Waals surface area contributed by atoms with Crippen LogP contribution in [-0.4, -0.2) is 35.3 Å². The van der Waals surface area contributed by atoms with Gasteiger partial charge in [-0.1, -0.05) is 6.92 Å². The lowest BCUT2D eigenvalue weighted by molar-refractivity contribution is 0.0918. The van der Waals surface area contributed by atoms with Crippen LogP contribution in [0.4, 0.5) is 26.4 Å². The van der Waals surface area contributed by atoms with Gasteiger partial charge >= 0.3 is 6.09 Å². The van der Waals surface area contributed by atoms with Gasteiger partial charge in [0.1, 0.15) is 24.2 Å². The van der Waals surface area contributed by atoms with Gasteiger partial charge in [-0.25, -0.2) is 19.2 Å². The fourth-order valence-electron chi connectivity index (χ4n) is 4.61. The first-order chi connectivity index (χ1) is 15.9. The smallest absolute Gasteiger partial charge is 0.413 e. The number of nitrogens with two attached hydrogens (primary N) is 1. The van der Waals surface area contributed by atoms with Gasteiger partial charge in [0.15, 0.2) is 5.82 Å². The first-order valence-corrected chi connectivity index (χ1v) is 11.1. The third-order valence-corrected chi connectivity index (χ3v) is 6.51. The maximum absolute atomic E-state index is 15.3. The molecule has 0 bridgehead atoms. The number of pyridine rings is 2. The predicted octanol–water partition coefficient (Wildman–Crippen LogP) is 4.87. The Morgan fingerprint density at radius 2 is 2.12 bits per heavy atom. The van der Waals surface area contributed by atoms with Crippen LogP contribution < -0.4 is 21.1 Å². The standard InChI is InChI=1S/C24H26FN5O3/c1-12-4-3-5-18(12)33-24(31)30-19-9-14-8-15(20(25)21(26)17(14)11-28-19)16-10-29-23-22(13(16)2)27-6-7-32-23/h8-12,18,27H,3-7,26H2,1-2H3,(H,28,30,31)/t12-,18-/m0/s1. The molecular formula is C24H26FN5O3. The molecule has 1 aliphatic carbocycles. The Bertz CT molecular complexity index is 1250. The van der Waals surface area contributed by atoms with Crippen LogP contribution in [0.25, 0.3) is 21.9 Å². The Labute approximate surface area is 190 Å². The Morgan fingerprint density at radius 1 is 1.27 bits per heavy atom. The number of nitrogen functional groups attached to an aromatic ring is 1. The second kappa shape index (κ2) is 8.38. The summed E-state index contributed by atoms with van der Waals surface area (Å²) in [5, 5.41) is 7.05. The van der Waals surface area contributed by atoms with Gasteiger partial charge in [0, 0.05) is 35.5 Å². The molecule has 0 unspecified atom stereocenters. The van der Waals surface area contributed by atoms with Crippen molar-refractivity contribution in [1.82, 2.24) is 9.97 Å². The van der Waals surface area contributed by atoms with Gasteiger partial charge in [0.2, 0.25) is 5.88 Å². The van der Waals surface area contributed by atoms with Gasteiger partial charge in [-0.05, 0) is 55.2 Å². The second-order valence-electron chi connectivity index (χ2n) is 8.67. The van der Waals surface area contributed by atoms with Crippen LogP contribution in [0.15, 0.2) is 24.5 Å². The summed E-state index contributed by atoms with van der Waals surface area (Å²) in [7, 11) is 0. The number of aromatic nitrogens is 2. The van der Waals surface area contributed by atoms with E-state index in [4.69, 9.17) is 15.2 Å². The minimum atomic E-state index is -0.545. The maximum atomic E-state index is 15.3. The van der Waals surface area contributed by atoms with E-state index in [1.54, 1.807) is 18.3 Å². The molecule has 8 nitrogen and oxygen atoms in total. The monoisotopic (exact) mass is 451 g/mol. The van der Waals surface area contributed by atoms with E-state index in [1.165, 1.54) is 6.20 Å². The van der Waals surface area contributed by atoms with Crippen LogP contribution >= 0.6 is 0 Å². The average Bonchev–Trinajstić information content (AvgIpc) is 3.21. The molecule has 0 spiro atoms. The molecule has 3 aromatic rings. The largest absolute Gasteiger partial charge is 0.474 e. The first-order valence-electron chi connectivity index (χ1n) is 11.1. The van der Waals surface area contributed by atoms with Crippen LogP contribution in [0.5, 0.6) is 5.88 Å². The zero-order valence-electron chi connectivity index (χ0n) is 18.6. The quantitative estimate of drug-likeness (QED) is 0.487. The van der Waals surface area contributed by atoms with Gasteiger partial charge < -0.3 is 20.5 Å². The molecule has 2 atom stereocenters. The maximum Gasteiger partial charge on any atom is 0.413 e. The molecule has 2 aliphatic rings. The molecular weight excluding hydrogens is 425 g/mol. The summed E-state index contributed by atoms with van der Waals surface area (Å²) in [6.45, 7) is 5.15. The summed E-state index contributed by atoms with van der Waals surface area (Å²) in [4.78, 5) is 20.9. The number of ether oxygens (including phenoxy) is 2. The molecule has 1 aromatic carbocycles. The van der Waals surface area contributed by atoms with Crippen molar-refractivity contribution in [2.45, 2.75) is 39.2 Å². The van der Waals surface area contributed by atoms with Crippen molar-refractivity contribution >= 4 is 34.1 Å². The molecule has 33 heavy (non-hydrogen) atoms. The molecule has 5 rings (SSSR count). The summed E-state index contributed by atoms with van der Waals surface area (Å²) < 4.78 is 26.4. The zero-order valence-corrected chi connectivity index (χ0v) is 18.6. The van der Waals surface area contributed by atoms with Crippen molar-refractivity contribution in [1.29, 1.82) is 0 Å². The Hall–Kier alpha value is -3.62. The van der Waals surface area contributed by atoms with E-state index in [-0.39, 0.29) is 11.8 Å². The van der Waals surface area contributed by atoms with E-state index in [0.717, 1.165) is 30.5 Å². The van der Waals surface area contributed by atoms with E-state index in [1.807, 2.05) is 6.92 Å². The molecule has 1 fully saturated rings. The summed E-state index contributed by atoms with van der Waals surface area (Å²) in [6.07, 6.45) is 5.39. The fraction of sp³-hybridized carbons (Fsp3) is 0.375. The molecule has 4 N–H and O–H groups in total. The van der Waals surface area contributed by atoms with Crippen LogP contribution in [0.1, 0.15) is 31.7 Å². The predicted molar refractivity (Wildman–Crippen MR) is 125 cm³/mol. The number of nitrogens with one attached hydrogen (secondary N) is 2. The van der Waals surface area contributed by atoms with Crippen molar-refractivity contribution in [3.8, 4) is 17.0 Å². The minimum Gasteiger partial charge on any atom is -0.474 e. The van der Waals surface area contributed by atoms with Gasteiger partial charge in [-0.3, -0.25) is 5.32 Å². The van der Waals surface area contributed by atoms with Crippen molar-refractivity contribution < 1.29 is 18.7 Å². The summed E-state index contributed by atoms with van der Waals surface area (Å²) >= 11 is 0. The van der Waals surface area contributed by atoms with E-state index in [9.17, 15) is 4.79 Å². The summed E-state index contributed by atoms with van der Waals surface area (Å²) in [5.41, 5.74) is 8.62. The highest BCUT2D eigenvalue weighted by Crippen LogP contribution is 2.39. The van der Waals surface area contributed by atoms with E-state index in [2.05, 4.69) is 27.5 Å². The highest BCUT2D eigenvalue weighted by atomic mass is 19.1. The first kappa shape index (κ1) is 21.2. The highest BCUT2D eigenvalue weighted by molar-refractivity contribution is 5.99. The van der Waals surface area contributed by atoms with E-state index >= 15 is 4.39 Å². The number of fused-ring (bicyclic) bond motifs is 2. The fourth-order valence-corrected chi connectivity index (χ4v) is 4.61. The summed E-state index contributed by atoms with van der Waals surface area (Å²) in [5.74, 6) is 0.619. The van der Waals surface area contributed by atoms with E-state index in [0.29, 0.717) is 52.7 Å². The number of amides is 1. The Kier molecular flexibility index (Phi) is 5.39. The zero-order chi connectivity index (χ0) is 23.1. The Morgan fingerprint density at radius 3 is 2.91 bits per heavy atom. The van der Waals surface area contributed by atoms with Crippen LogP contribution in [0.2, 0.25) is 0 Å². The topological polar surface area (TPSA) is 111 Å². The van der Waals surface area contributed by atoms with Crippen LogP contribution in [0, 0.1) is 18.7 Å². The van der Waals surface area contributed by atoms with Crippen molar-refractivity contribution in [3.05, 3.63) is 35.9 Å². The van der Waals surface area contributed by atoms with Crippen molar-refractivity contribution in [2.24, 2.45) is 5.92 Å². The van der Waals surface area contributed by atoms with Gasteiger partial charge in [0.25, 0.3) is 0 Å². The molecule has 2 aromatic heterocycles. The molecule has 1 amide bonds. The highest BCUT2D eigenvalue weighted by Gasteiger charge is 2.27. The lowest BCUT2D eigenvalue weighted by Crippen LogP contribution is -2.24. The van der Waals surface area contributed by atoms with Gasteiger partial charge in [-0.15, -0.1) is 0 Å². The minimum absolute atomic E-state index is 0.00904. The van der Waals surface area contributed by atoms with E-state index < -0.39 is 11.9 Å². The van der Waals surface area contributed by atoms with Gasteiger partial charge in [-0.2, -0.15) is 0 Å². The van der Waals surface area contributed by atoms with Crippen LogP contribution in [-0.2, 0) is 4.74 Å². The number of rotatable bonds is 3. The molecule has 3 heterocycles.